The first-order chi connectivity index (χ1) is 12.2. The van der Waals surface area contributed by atoms with Crippen molar-refractivity contribution >= 4 is 17.8 Å². The molecule has 2 saturated carbocycles. The van der Waals surface area contributed by atoms with Gasteiger partial charge in [-0.1, -0.05) is 44.2 Å². The van der Waals surface area contributed by atoms with Crippen molar-refractivity contribution in [2.75, 3.05) is 0 Å². The second-order valence-electron chi connectivity index (χ2n) is 8.29. The van der Waals surface area contributed by atoms with Crippen LogP contribution in [0.1, 0.15) is 51.5 Å². The van der Waals surface area contributed by atoms with E-state index in [-0.39, 0.29) is 23.7 Å². The van der Waals surface area contributed by atoms with Gasteiger partial charge in [0.2, 0.25) is 11.8 Å². The van der Waals surface area contributed by atoms with Crippen molar-refractivity contribution in [3.63, 3.8) is 0 Å². The number of carbonyl (C=O) groups excluding carboxylic acids is 2. The van der Waals surface area contributed by atoms with Crippen LogP contribution in [0.4, 0.5) is 0 Å². The lowest BCUT2D eigenvalue weighted by molar-refractivity contribution is -0.155. The topological polar surface area (TPSA) is 95.5 Å². The molecule has 1 aromatic rings. The summed E-state index contributed by atoms with van der Waals surface area (Å²) in [5.74, 6) is -1.77. The number of hydrogen-bond acceptors (Lipinski definition) is 3. The van der Waals surface area contributed by atoms with Crippen molar-refractivity contribution in [1.82, 2.24) is 10.9 Å². The van der Waals surface area contributed by atoms with E-state index in [1.807, 2.05) is 44.2 Å². The number of hydrazine groups is 1. The number of carboxylic acid groups (broad SMARTS) is 1. The molecule has 2 aliphatic carbocycles. The average molecular weight is 358 g/mol. The normalized spacial score (nSPS) is 31.9. The fourth-order valence-corrected chi connectivity index (χ4v) is 4.20. The van der Waals surface area contributed by atoms with Gasteiger partial charge in [0.05, 0.1) is 5.41 Å². The van der Waals surface area contributed by atoms with Crippen molar-refractivity contribution in [2.24, 2.45) is 22.7 Å². The Morgan fingerprint density at radius 1 is 1.04 bits per heavy atom. The van der Waals surface area contributed by atoms with E-state index >= 15 is 0 Å². The number of aliphatic carboxylic acids is 1. The van der Waals surface area contributed by atoms with Crippen LogP contribution in [-0.2, 0) is 14.4 Å². The van der Waals surface area contributed by atoms with Gasteiger partial charge < -0.3 is 5.11 Å². The molecular weight excluding hydrogens is 332 g/mol. The summed E-state index contributed by atoms with van der Waals surface area (Å²) in [6.07, 6.45) is 1.71. The molecule has 2 fully saturated rings. The average Bonchev–Trinajstić information content (AvgIpc) is 3.36. The molecule has 0 aromatic heterocycles. The van der Waals surface area contributed by atoms with Gasteiger partial charge >= 0.3 is 5.97 Å². The molecule has 26 heavy (non-hydrogen) atoms. The fourth-order valence-electron chi connectivity index (χ4n) is 4.20. The van der Waals surface area contributed by atoms with Crippen LogP contribution in [-0.4, -0.2) is 22.9 Å². The number of carboxylic acids is 1. The first kappa shape index (κ1) is 18.4. The van der Waals surface area contributed by atoms with Crippen molar-refractivity contribution in [1.29, 1.82) is 0 Å². The first-order valence-corrected chi connectivity index (χ1v) is 9.06. The van der Waals surface area contributed by atoms with E-state index in [0.717, 1.165) is 12.0 Å². The molecule has 4 atom stereocenters. The molecule has 3 N–H and O–H groups in total. The molecule has 6 heteroatoms. The number of benzene rings is 1. The highest BCUT2D eigenvalue weighted by molar-refractivity contribution is 5.88. The highest BCUT2D eigenvalue weighted by Crippen LogP contribution is 2.56. The third kappa shape index (κ3) is 2.97. The van der Waals surface area contributed by atoms with Crippen LogP contribution < -0.4 is 10.9 Å². The zero-order valence-electron chi connectivity index (χ0n) is 15.4. The molecule has 140 valence electrons. The van der Waals surface area contributed by atoms with Crippen molar-refractivity contribution in [3.05, 3.63) is 35.9 Å². The van der Waals surface area contributed by atoms with Crippen molar-refractivity contribution in [3.8, 4) is 0 Å². The molecule has 0 saturated heterocycles. The summed E-state index contributed by atoms with van der Waals surface area (Å²) in [6.45, 7) is 5.31. The van der Waals surface area contributed by atoms with Gasteiger partial charge in [0.1, 0.15) is 0 Å². The zero-order chi connectivity index (χ0) is 19.1. The van der Waals surface area contributed by atoms with Crippen LogP contribution in [0.3, 0.4) is 0 Å². The highest BCUT2D eigenvalue weighted by Gasteiger charge is 2.58. The molecule has 1 aromatic carbocycles. The molecule has 0 radical (unpaired) electrons. The molecule has 0 aliphatic heterocycles. The van der Waals surface area contributed by atoms with E-state index in [2.05, 4.69) is 10.9 Å². The first-order valence-electron chi connectivity index (χ1n) is 9.06. The monoisotopic (exact) mass is 358 g/mol. The summed E-state index contributed by atoms with van der Waals surface area (Å²) in [6, 6.07) is 9.85. The summed E-state index contributed by atoms with van der Waals surface area (Å²) >= 11 is 0. The molecular formula is C20H26N2O4. The summed E-state index contributed by atoms with van der Waals surface area (Å²) in [5.41, 5.74) is 4.54. The Hall–Kier alpha value is -2.37. The molecule has 6 nitrogen and oxygen atoms in total. The quantitative estimate of drug-likeness (QED) is 0.721. The summed E-state index contributed by atoms with van der Waals surface area (Å²) < 4.78 is 0. The Labute approximate surface area is 153 Å². The van der Waals surface area contributed by atoms with Gasteiger partial charge in [0, 0.05) is 11.8 Å². The number of nitrogens with one attached hydrogen (secondary N) is 2. The van der Waals surface area contributed by atoms with Crippen LogP contribution in [0, 0.1) is 22.7 Å². The van der Waals surface area contributed by atoms with Crippen LogP contribution in [0.5, 0.6) is 0 Å². The van der Waals surface area contributed by atoms with Gasteiger partial charge in [-0.15, -0.1) is 0 Å². The third-order valence-electron chi connectivity index (χ3n) is 6.68. The predicted octanol–water partition coefficient (Wildman–Crippen LogP) is 2.46. The van der Waals surface area contributed by atoms with Crippen LogP contribution in [0.15, 0.2) is 30.3 Å². The minimum Gasteiger partial charge on any atom is -0.481 e. The van der Waals surface area contributed by atoms with Gasteiger partial charge in [0.15, 0.2) is 0 Å². The van der Waals surface area contributed by atoms with E-state index in [4.69, 9.17) is 0 Å². The maximum Gasteiger partial charge on any atom is 0.309 e. The molecule has 0 bridgehead atoms. The van der Waals surface area contributed by atoms with E-state index in [1.54, 1.807) is 6.92 Å². The van der Waals surface area contributed by atoms with Gasteiger partial charge in [-0.25, -0.2) is 0 Å². The lowest BCUT2D eigenvalue weighted by atomic mass is 9.65. The molecule has 2 aliphatic rings. The van der Waals surface area contributed by atoms with Gasteiger partial charge in [0.25, 0.3) is 0 Å². The largest absolute Gasteiger partial charge is 0.481 e. The smallest absolute Gasteiger partial charge is 0.309 e. The Morgan fingerprint density at radius 2 is 1.65 bits per heavy atom. The van der Waals surface area contributed by atoms with Crippen LogP contribution >= 0.6 is 0 Å². The summed E-state index contributed by atoms with van der Waals surface area (Å²) in [5, 5.41) is 9.54. The van der Waals surface area contributed by atoms with E-state index in [0.29, 0.717) is 12.8 Å². The number of rotatable bonds is 4. The molecule has 2 amide bonds. The minimum absolute atomic E-state index is 0.126. The Bertz CT molecular complexity index is 731. The maximum absolute atomic E-state index is 12.6. The molecule has 0 spiro atoms. The second kappa shape index (κ2) is 6.41. The standard InChI is InChI=1S/C20H26N2O4/c1-19(2)15(9-10-20(19,3)18(25)26)17(24)22-21-16(23)14-11-13(14)12-7-5-4-6-8-12/h4-8,13-15H,9-11H2,1-3H3,(H,21,23)(H,22,24)(H,25,26)/t13-,14-,15-,20+/m1/s1. The Morgan fingerprint density at radius 3 is 2.23 bits per heavy atom. The Kier molecular flexibility index (Phi) is 4.54. The summed E-state index contributed by atoms with van der Waals surface area (Å²) in [4.78, 5) is 36.5. The van der Waals surface area contributed by atoms with Crippen molar-refractivity contribution in [2.45, 2.75) is 46.0 Å². The lowest BCUT2D eigenvalue weighted by Gasteiger charge is -2.37. The molecule has 0 unspecified atom stereocenters. The lowest BCUT2D eigenvalue weighted by Crippen LogP contribution is -2.50. The maximum atomic E-state index is 12.6. The predicted molar refractivity (Wildman–Crippen MR) is 95.8 cm³/mol. The van der Waals surface area contributed by atoms with Crippen LogP contribution in [0.2, 0.25) is 0 Å². The SMILES string of the molecule is CC1(C)[C@@H](C(=O)NNC(=O)[C@@H]2C[C@@H]2c2ccccc2)CC[C@@]1(C)C(=O)O. The second-order valence-corrected chi connectivity index (χ2v) is 8.29. The van der Waals surface area contributed by atoms with Crippen molar-refractivity contribution < 1.29 is 19.5 Å². The van der Waals surface area contributed by atoms with Crippen LogP contribution in [0.25, 0.3) is 0 Å². The highest BCUT2D eigenvalue weighted by atomic mass is 16.4. The zero-order valence-corrected chi connectivity index (χ0v) is 15.4. The fraction of sp³-hybridized carbons (Fsp3) is 0.550. The van der Waals surface area contributed by atoms with Gasteiger partial charge in [-0.05, 0) is 43.1 Å². The number of amides is 2. The Balaban J connectivity index is 1.55. The minimum atomic E-state index is -0.950. The molecule has 3 rings (SSSR count). The molecule has 0 heterocycles. The van der Waals surface area contributed by atoms with E-state index in [1.165, 1.54) is 0 Å². The number of carbonyl (C=O) groups is 3. The van der Waals surface area contributed by atoms with E-state index < -0.39 is 22.7 Å². The summed E-state index contributed by atoms with van der Waals surface area (Å²) in [7, 11) is 0. The number of hydrogen-bond donors (Lipinski definition) is 3. The van der Waals surface area contributed by atoms with Gasteiger partial charge in [-0.2, -0.15) is 0 Å². The van der Waals surface area contributed by atoms with Gasteiger partial charge in [-0.3, -0.25) is 25.2 Å². The van der Waals surface area contributed by atoms with E-state index in [9.17, 15) is 19.5 Å². The third-order valence-corrected chi connectivity index (χ3v) is 6.68.